The van der Waals surface area contributed by atoms with Crippen molar-refractivity contribution in [3.8, 4) is 10.6 Å². The normalized spacial score (nSPS) is 11.9. The highest BCUT2D eigenvalue weighted by atomic mass is 32.1. The lowest BCUT2D eigenvalue weighted by molar-refractivity contribution is 0.985. The van der Waals surface area contributed by atoms with Gasteiger partial charge in [-0.1, -0.05) is 61.7 Å². The molecule has 136 valence electrons. The molecule has 0 N–H and O–H groups in total. The van der Waals surface area contributed by atoms with Crippen LogP contribution in [-0.2, 0) is 7.05 Å². The van der Waals surface area contributed by atoms with Crippen molar-refractivity contribution in [1.29, 1.82) is 0 Å². The number of aromatic nitrogens is 1. The number of nitrogens with zero attached hydrogens (tertiary/aromatic N) is 1. The van der Waals surface area contributed by atoms with Crippen LogP contribution < -0.4 is 0 Å². The predicted molar refractivity (Wildman–Crippen MR) is 128 cm³/mol. The molecule has 3 aromatic heterocycles. The standard InChI is InChI=1S/C25H19NS2/c1-4-6-10-18-14-17-12-13-20-19(5-2)23(26(3)24(20)25(17)27-18)22-15-16-9-7-8-11-21(16)28-22/h4-15H,1-2H2,3H3/b10-6-. The van der Waals surface area contributed by atoms with Crippen LogP contribution in [0.2, 0.25) is 0 Å². The summed E-state index contributed by atoms with van der Waals surface area (Å²) < 4.78 is 4.98. The first-order valence-corrected chi connectivity index (χ1v) is 10.8. The number of aryl methyl sites for hydroxylation is 1. The zero-order chi connectivity index (χ0) is 19.3. The van der Waals surface area contributed by atoms with E-state index in [2.05, 4.69) is 79.4 Å². The van der Waals surface area contributed by atoms with Gasteiger partial charge in [-0.05, 0) is 35.0 Å². The Morgan fingerprint density at radius 2 is 1.82 bits per heavy atom. The maximum atomic E-state index is 4.13. The van der Waals surface area contributed by atoms with E-state index in [1.165, 1.54) is 52.1 Å². The molecule has 0 unspecified atom stereocenters. The number of rotatable bonds is 4. The summed E-state index contributed by atoms with van der Waals surface area (Å²) in [5.74, 6) is 0. The second-order valence-corrected chi connectivity index (χ2v) is 8.97. The second kappa shape index (κ2) is 6.62. The average Bonchev–Trinajstić information content (AvgIpc) is 3.38. The van der Waals surface area contributed by atoms with Crippen LogP contribution in [0.25, 0.3) is 53.8 Å². The lowest BCUT2D eigenvalue weighted by atomic mass is 10.1. The van der Waals surface area contributed by atoms with E-state index in [9.17, 15) is 0 Å². The predicted octanol–water partition coefficient (Wildman–Crippen LogP) is 8.12. The summed E-state index contributed by atoms with van der Waals surface area (Å²) >= 11 is 3.67. The van der Waals surface area contributed by atoms with Crippen molar-refractivity contribution < 1.29 is 0 Å². The van der Waals surface area contributed by atoms with Gasteiger partial charge in [0.2, 0.25) is 0 Å². The number of allylic oxidation sites excluding steroid dienone is 2. The van der Waals surface area contributed by atoms with E-state index >= 15 is 0 Å². The van der Waals surface area contributed by atoms with Crippen LogP contribution in [0.5, 0.6) is 0 Å². The fourth-order valence-electron chi connectivity index (χ4n) is 3.93. The summed E-state index contributed by atoms with van der Waals surface area (Å²) in [4.78, 5) is 2.53. The summed E-state index contributed by atoms with van der Waals surface area (Å²) in [6.45, 7) is 7.91. The van der Waals surface area contributed by atoms with Crippen molar-refractivity contribution in [1.82, 2.24) is 4.57 Å². The molecule has 0 radical (unpaired) electrons. The molecule has 28 heavy (non-hydrogen) atoms. The Kier molecular flexibility index (Phi) is 4.08. The minimum absolute atomic E-state index is 1.21. The first kappa shape index (κ1) is 17.2. The van der Waals surface area contributed by atoms with Gasteiger partial charge in [0.15, 0.2) is 0 Å². The van der Waals surface area contributed by atoms with Gasteiger partial charge in [-0.2, -0.15) is 0 Å². The van der Waals surface area contributed by atoms with Crippen molar-refractivity contribution in [2.75, 3.05) is 0 Å². The van der Waals surface area contributed by atoms with Crippen LogP contribution in [0.3, 0.4) is 0 Å². The monoisotopic (exact) mass is 397 g/mol. The van der Waals surface area contributed by atoms with E-state index in [0.717, 1.165) is 0 Å². The molecule has 5 rings (SSSR count). The van der Waals surface area contributed by atoms with E-state index in [4.69, 9.17) is 0 Å². The first-order chi connectivity index (χ1) is 13.7. The maximum absolute atomic E-state index is 4.13. The molecule has 3 heterocycles. The van der Waals surface area contributed by atoms with Crippen molar-refractivity contribution in [3.05, 3.63) is 84.3 Å². The highest BCUT2D eigenvalue weighted by Gasteiger charge is 2.19. The Morgan fingerprint density at radius 1 is 0.964 bits per heavy atom. The first-order valence-electron chi connectivity index (χ1n) is 9.16. The van der Waals surface area contributed by atoms with Crippen LogP contribution in [-0.4, -0.2) is 4.57 Å². The van der Waals surface area contributed by atoms with Crippen molar-refractivity contribution in [2.24, 2.45) is 7.05 Å². The molecule has 3 heteroatoms. The van der Waals surface area contributed by atoms with Gasteiger partial charge in [-0.15, -0.1) is 22.7 Å². The van der Waals surface area contributed by atoms with Gasteiger partial charge in [0.1, 0.15) is 0 Å². The molecule has 0 aliphatic carbocycles. The van der Waals surface area contributed by atoms with Gasteiger partial charge in [-0.25, -0.2) is 0 Å². The van der Waals surface area contributed by atoms with E-state index in [-0.39, 0.29) is 0 Å². The molecule has 1 nitrogen and oxygen atoms in total. The third-order valence-corrected chi connectivity index (χ3v) is 7.40. The van der Waals surface area contributed by atoms with Crippen molar-refractivity contribution in [2.45, 2.75) is 0 Å². The highest BCUT2D eigenvalue weighted by molar-refractivity contribution is 7.22. The summed E-state index contributed by atoms with van der Waals surface area (Å²) in [6, 6.07) is 17.6. The number of benzene rings is 2. The Morgan fingerprint density at radius 3 is 2.61 bits per heavy atom. The smallest absolute Gasteiger partial charge is 0.0670 e. The van der Waals surface area contributed by atoms with Crippen LogP contribution in [0, 0.1) is 0 Å². The van der Waals surface area contributed by atoms with Crippen LogP contribution in [0.15, 0.2) is 73.8 Å². The molecule has 2 aromatic carbocycles. The van der Waals surface area contributed by atoms with Gasteiger partial charge < -0.3 is 4.57 Å². The Bertz CT molecular complexity index is 1370. The summed E-state index contributed by atoms with van der Waals surface area (Å²) in [5.41, 5.74) is 3.74. The minimum Gasteiger partial charge on any atom is -0.341 e. The molecule has 0 aliphatic rings. The zero-order valence-corrected chi connectivity index (χ0v) is 17.2. The fourth-order valence-corrected chi connectivity index (χ4v) is 6.24. The van der Waals surface area contributed by atoms with Gasteiger partial charge in [0.25, 0.3) is 0 Å². The zero-order valence-electron chi connectivity index (χ0n) is 15.6. The molecule has 0 aliphatic heterocycles. The van der Waals surface area contributed by atoms with E-state index in [0.29, 0.717) is 0 Å². The largest absolute Gasteiger partial charge is 0.341 e. The lowest BCUT2D eigenvalue weighted by Gasteiger charge is -2.03. The maximum Gasteiger partial charge on any atom is 0.0670 e. The van der Waals surface area contributed by atoms with Crippen molar-refractivity contribution >= 4 is 65.9 Å². The molecule has 5 aromatic rings. The second-order valence-electron chi connectivity index (χ2n) is 6.80. The van der Waals surface area contributed by atoms with Gasteiger partial charge in [-0.3, -0.25) is 0 Å². The molecule has 0 spiro atoms. The quantitative estimate of drug-likeness (QED) is 0.270. The van der Waals surface area contributed by atoms with E-state index in [1.54, 1.807) is 0 Å². The molecular weight excluding hydrogens is 378 g/mol. The Labute approximate surface area is 172 Å². The third kappa shape index (κ3) is 2.51. The summed E-state index contributed by atoms with van der Waals surface area (Å²) in [5, 5.41) is 3.83. The highest BCUT2D eigenvalue weighted by Crippen LogP contribution is 2.43. The van der Waals surface area contributed by atoms with E-state index in [1.807, 2.05) is 40.9 Å². The summed E-state index contributed by atoms with van der Waals surface area (Å²) in [7, 11) is 2.17. The molecule has 0 atom stereocenters. The number of thiophene rings is 2. The minimum atomic E-state index is 1.21. The van der Waals surface area contributed by atoms with Gasteiger partial charge >= 0.3 is 0 Å². The molecular formula is C25H19NS2. The van der Waals surface area contributed by atoms with Crippen molar-refractivity contribution in [3.63, 3.8) is 0 Å². The number of fused-ring (bicyclic) bond motifs is 4. The fraction of sp³-hybridized carbons (Fsp3) is 0.0400. The topological polar surface area (TPSA) is 4.93 Å². The Hall–Kier alpha value is -2.88. The SMILES string of the molecule is C=C/C=C\c1cc2ccc3c(C=C)c(-c4cc5ccccc5s4)n(C)c3c2s1. The number of hydrogen-bond acceptors (Lipinski definition) is 2. The van der Waals surface area contributed by atoms with Gasteiger partial charge in [0.05, 0.1) is 20.8 Å². The van der Waals surface area contributed by atoms with Crippen LogP contribution in [0.4, 0.5) is 0 Å². The lowest BCUT2D eigenvalue weighted by Crippen LogP contribution is -1.90. The molecule has 0 amide bonds. The third-order valence-electron chi connectivity index (χ3n) is 5.16. The van der Waals surface area contributed by atoms with E-state index < -0.39 is 0 Å². The number of hydrogen-bond donors (Lipinski definition) is 0. The summed E-state index contributed by atoms with van der Waals surface area (Å²) in [6.07, 6.45) is 7.93. The molecule has 0 saturated carbocycles. The molecule has 0 saturated heterocycles. The van der Waals surface area contributed by atoms with Crippen LogP contribution >= 0.6 is 22.7 Å². The average molecular weight is 398 g/mol. The molecule has 0 bridgehead atoms. The molecule has 0 fully saturated rings. The Balaban J connectivity index is 1.84. The van der Waals surface area contributed by atoms with Crippen LogP contribution in [0.1, 0.15) is 10.4 Å². The van der Waals surface area contributed by atoms with Gasteiger partial charge in [0, 0.05) is 27.6 Å².